The van der Waals surface area contributed by atoms with E-state index in [1.165, 1.54) is 0 Å². The minimum absolute atomic E-state index is 0.0279. The standard InChI is InChI=1S/C16H17ClN2O2/c1-2-19(14-7-5-13(18)6-8-14)16(20)11-21-15-9-3-12(17)4-10-15/h3-10H,2,11,18H2,1H3. The number of nitrogens with zero attached hydrogens (tertiary/aromatic N) is 1. The highest BCUT2D eigenvalue weighted by atomic mass is 35.5. The molecule has 0 heterocycles. The zero-order chi connectivity index (χ0) is 15.2. The Morgan fingerprint density at radius 2 is 1.76 bits per heavy atom. The van der Waals surface area contributed by atoms with E-state index in [9.17, 15) is 4.79 Å². The Kier molecular flexibility index (Phi) is 5.06. The number of likely N-dealkylation sites (N-methyl/N-ethyl adjacent to an activating group) is 1. The number of amides is 1. The fraction of sp³-hybridized carbons (Fsp3) is 0.188. The molecule has 4 nitrogen and oxygen atoms in total. The van der Waals surface area contributed by atoms with Gasteiger partial charge in [0.25, 0.3) is 5.91 Å². The van der Waals surface area contributed by atoms with Gasteiger partial charge in [-0.3, -0.25) is 4.79 Å². The van der Waals surface area contributed by atoms with Crippen LogP contribution >= 0.6 is 11.6 Å². The maximum Gasteiger partial charge on any atom is 0.264 e. The Morgan fingerprint density at radius 1 is 1.14 bits per heavy atom. The Balaban J connectivity index is 2.00. The number of ether oxygens (including phenoxy) is 1. The molecule has 2 aromatic carbocycles. The molecule has 110 valence electrons. The summed E-state index contributed by atoms with van der Waals surface area (Å²) in [6.07, 6.45) is 0. The van der Waals surface area contributed by atoms with Crippen molar-refractivity contribution < 1.29 is 9.53 Å². The van der Waals surface area contributed by atoms with Gasteiger partial charge in [0.2, 0.25) is 0 Å². The number of hydrogen-bond acceptors (Lipinski definition) is 3. The van der Waals surface area contributed by atoms with Crippen molar-refractivity contribution in [2.45, 2.75) is 6.92 Å². The lowest BCUT2D eigenvalue weighted by atomic mass is 10.2. The Morgan fingerprint density at radius 3 is 2.33 bits per heavy atom. The molecule has 0 bridgehead atoms. The minimum atomic E-state index is -0.114. The molecule has 0 saturated carbocycles. The van der Waals surface area contributed by atoms with Crippen LogP contribution in [0.5, 0.6) is 5.75 Å². The molecule has 0 fully saturated rings. The monoisotopic (exact) mass is 304 g/mol. The fourth-order valence-corrected chi connectivity index (χ4v) is 2.04. The van der Waals surface area contributed by atoms with Gasteiger partial charge in [-0.2, -0.15) is 0 Å². The number of benzene rings is 2. The third kappa shape index (κ3) is 4.13. The number of halogens is 1. The van der Waals surface area contributed by atoms with Crippen LogP contribution < -0.4 is 15.4 Å². The number of rotatable bonds is 5. The van der Waals surface area contributed by atoms with Crippen LogP contribution in [0.25, 0.3) is 0 Å². The van der Waals surface area contributed by atoms with Gasteiger partial charge in [0.05, 0.1) is 0 Å². The van der Waals surface area contributed by atoms with E-state index in [1.807, 2.05) is 19.1 Å². The van der Waals surface area contributed by atoms with Crippen molar-refractivity contribution in [3.8, 4) is 5.75 Å². The highest BCUT2D eigenvalue weighted by Gasteiger charge is 2.14. The SMILES string of the molecule is CCN(C(=O)COc1ccc(Cl)cc1)c1ccc(N)cc1. The second kappa shape index (κ2) is 6.99. The van der Waals surface area contributed by atoms with Crippen LogP contribution in [-0.2, 0) is 4.79 Å². The van der Waals surface area contributed by atoms with Gasteiger partial charge in [0.15, 0.2) is 6.61 Å². The molecule has 0 saturated heterocycles. The quantitative estimate of drug-likeness (QED) is 0.862. The zero-order valence-corrected chi connectivity index (χ0v) is 12.5. The molecule has 0 aliphatic carbocycles. The Labute approximate surface area is 129 Å². The van der Waals surface area contributed by atoms with Crippen LogP contribution in [0.1, 0.15) is 6.92 Å². The zero-order valence-electron chi connectivity index (χ0n) is 11.8. The van der Waals surface area contributed by atoms with Gasteiger partial charge in [-0.15, -0.1) is 0 Å². The molecule has 0 unspecified atom stereocenters. The molecule has 2 rings (SSSR count). The van der Waals surface area contributed by atoms with Gasteiger partial charge >= 0.3 is 0 Å². The van der Waals surface area contributed by atoms with E-state index in [2.05, 4.69) is 0 Å². The van der Waals surface area contributed by atoms with E-state index in [4.69, 9.17) is 22.1 Å². The van der Waals surface area contributed by atoms with E-state index < -0.39 is 0 Å². The summed E-state index contributed by atoms with van der Waals surface area (Å²) in [5, 5.41) is 0.630. The number of nitrogens with two attached hydrogens (primary N) is 1. The Hall–Kier alpha value is -2.20. The van der Waals surface area contributed by atoms with Crippen molar-refractivity contribution in [3.63, 3.8) is 0 Å². The van der Waals surface area contributed by atoms with Crippen molar-refractivity contribution in [2.24, 2.45) is 0 Å². The Bertz CT molecular complexity index is 597. The summed E-state index contributed by atoms with van der Waals surface area (Å²) < 4.78 is 5.48. The van der Waals surface area contributed by atoms with Crippen LogP contribution in [0.4, 0.5) is 11.4 Å². The number of carbonyl (C=O) groups is 1. The largest absolute Gasteiger partial charge is 0.484 e. The van der Waals surface area contributed by atoms with E-state index in [-0.39, 0.29) is 12.5 Å². The predicted octanol–water partition coefficient (Wildman–Crippen LogP) is 3.35. The number of anilines is 2. The van der Waals surface area contributed by atoms with Gasteiger partial charge in [-0.05, 0) is 55.5 Å². The fourth-order valence-electron chi connectivity index (χ4n) is 1.91. The molecule has 5 heteroatoms. The first kappa shape index (κ1) is 15.2. The third-order valence-corrected chi connectivity index (χ3v) is 3.25. The van der Waals surface area contributed by atoms with Gasteiger partial charge in [-0.25, -0.2) is 0 Å². The summed E-state index contributed by atoms with van der Waals surface area (Å²) in [7, 11) is 0. The van der Waals surface area contributed by atoms with Gasteiger partial charge in [-0.1, -0.05) is 11.6 Å². The number of hydrogen-bond donors (Lipinski definition) is 1. The summed E-state index contributed by atoms with van der Waals surface area (Å²) in [6, 6.07) is 14.1. The first-order valence-electron chi connectivity index (χ1n) is 6.64. The summed E-state index contributed by atoms with van der Waals surface area (Å²) in [4.78, 5) is 13.9. The highest BCUT2D eigenvalue weighted by molar-refractivity contribution is 6.30. The lowest BCUT2D eigenvalue weighted by Crippen LogP contribution is -2.34. The first-order chi connectivity index (χ1) is 10.1. The van der Waals surface area contributed by atoms with E-state index in [0.717, 1.165) is 5.69 Å². The molecular formula is C16H17ClN2O2. The smallest absolute Gasteiger partial charge is 0.264 e. The summed E-state index contributed by atoms with van der Waals surface area (Å²) in [5.41, 5.74) is 7.12. The summed E-state index contributed by atoms with van der Waals surface area (Å²) in [6.45, 7) is 2.45. The molecule has 1 amide bonds. The lowest BCUT2D eigenvalue weighted by Gasteiger charge is -2.21. The van der Waals surface area contributed by atoms with Crippen molar-refractivity contribution in [3.05, 3.63) is 53.6 Å². The van der Waals surface area contributed by atoms with E-state index in [1.54, 1.807) is 41.3 Å². The average Bonchev–Trinajstić information content (AvgIpc) is 2.49. The molecule has 0 radical (unpaired) electrons. The summed E-state index contributed by atoms with van der Waals surface area (Å²) >= 11 is 5.80. The second-order valence-corrected chi connectivity index (χ2v) is 4.91. The lowest BCUT2D eigenvalue weighted by molar-refractivity contribution is -0.120. The number of nitrogen functional groups attached to an aromatic ring is 1. The van der Waals surface area contributed by atoms with Gasteiger partial charge < -0.3 is 15.4 Å². The van der Waals surface area contributed by atoms with Gasteiger partial charge in [0, 0.05) is 22.9 Å². The average molecular weight is 305 g/mol. The maximum atomic E-state index is 12.2. The van der Waals surface area contributed by atoms with Crippen molar-refractivity contribution in [2.75, 3.05) is 23.8 Å². The van der Waals surface area contributed by atoms with Crippen LogP contribution in [0.15, 0.2) is 48.5 Å². The van der Waals surface area contributed by atoms with Crippen LogP contribution in [-0.4, -0.2) is 19.1 Å². The normalized spacial score (nSPS) is 10.2. The van der Waals surface area contributed by atoms with Crippen LogP contribution in [0, 0.1) is 0 Å². The first-order valence-corrected chi connectivity index (χ1v) is 7.02. The van der Waals surface area contributed by atoms with E-state index in [0.29, 0.717) is 23.0 Å². The topological polar surface area (TPSA) is 55.6 Å². The summed E-state index contributed by atoms with van der Waals surface area (Å²) in [5.74, 6) is 0.498. The highest BCUT2D eigenvalue weighted by Crippen LogP contribution is 2.18. The molecule has 2 N–H and O–H groups in total. The second-order valence-electron chi connectivity index (χ2n) is 4.47. The maximum absolute atomic E-state index is 12.2. The molecule has 2 aromatic rings. The van der Waals surface area contributed by atoms with Crippen molar-refractivity contribution >= 4 is 28.9 Å². The predicted molar refractivity (Wildman–Crippen MR) is 85.8 cm³/mol. The van der Waals surface area contributed by atoms with Crippen molar-refractivity contribution in [1.29, 1.82) is 0 Å². The van der Waals surface area contributed by atoms with Crippen molar-refractivity contribution in [1.82, 2.24) is 0 Å². The molecule has 0 spiro atoms. The van der Waals surface area contributed by atoms with E-state index >= 15 is 0 Å². The van der Waals surface area contributed by atoms with Gasteiger partial charge in [0.1, 0.15) is 5.75 Å². The molecule has 0 aliphatic rings. The number of carbonyl (C=O) groups excluding carboxylic acids is 1. The molecule has 0 atom stereocenters. The van der Waals surface area contributed by atoms with Crippen LogP contribution in [0.2, 0.25) is 5.02 Å². The molecule has 0 aromatic heterocycles. The van der Waals surface area contributed by atoms with Crippen LogP contribution in [0.3, 0.4) is 0 Å². The molecular weight excluding hydrogens is 288 g/mol. The minimum Gasteiger partial charge on any atom is -0.484 e. The third-order valence-electron chi connectivity index (χ3n) is 3.00. The molecule has 0 aliphatic heterocycles. The molecule has 21 heavy (non-hydrogen) atoms.